The summed E-state index contributed by atoms with van der Waals surface area (Å²) in [5.74, 6) is -0.437. The molecule has 0 fully saturated rings. The van der Waals surface area contributed by atoms with Crippen molar-refractivity contribution >= 4 is 5.97 Å². The average molecular weight is 237 g/mol. The lowest BCUT2D eigenvalue weighted by Gasteiger charge is -2.12. The van der Waals surface area contributed by atoms with Gasteiger partial charge in [-0.2, -0.15) is 0 Å². The Morgan fingerprint density at radius 3 is 3.00 bits per heavy atom. The molecule has 5 nitrogen and oxygen atoms in total. The minimum absolute atomic E-state index is 0.238. The molecule has 0 aliphatic carbocycles. The summed E-state index contributed by atoms with van der Waals surface area (Å²) >= 11 is 0. The van der Waals surface area contributed by atoms with Crippen LogP contribution in [0, 0.1) is 6.92 Å². The van der Waals surface area contributed by atoms with Gasteiger partial charge >= 0.3 is 5.97 Å². The van der Waals surface area contributed by atoms with E-state index in [9.17, 15) is 14.7 Å². The number of aliphatic hydroxyl groups is 1. The summed E-state index contributed by atoms with van der Waals surface area (Å²) in [5, 5.41) is 9.73. The van der Waals surface area contributed by atoms with Gasteiger partial charge < -0.3 is 9.84 Å². The Bertz CT molecular complexity index is 518. The molecule has 1 aromatic rings. The van der Waals surface area contributed by atoms with E-state index < -0.39 is 12.2 Å². The highest BCUT2D eigenvalue weighted by Gasteiger charge is 2.27. The van der Waals surface area contributed by atoms with Gasteiger partial charge in [-0.25, -0.2) is 4.79 Å². The van der Waals surface area contributed by atoms with Gasteiger partial charge in [-0.1, -0.05) is 0 Å². The Morgan fingerprint density at radius 1 is 1.65 bits per heavy atom. The minimum Gasteiger partial charge on any atom is -0.462 e. The summed E-state index contributed by atoms with van der Waals surface area (Å²) in [4.78, 5) is 23.6. The lowest BCUT2D eigenvalue weighted by molar-refractivity contribution is 0.0523. The first-order chi connectivity index (χ1) is 8.06. The largest absolute Gasteiger partial charge is 0.462 e. The van der Waals surface area contributed by atoms with Gasteiger partial charge in [-0.05, 0) is 32.8 Å². The van der Waals surface area contributed by atoms with Crippen LogP contribution < -0.4 is 5.56 Å². The van der Waals surface area contributed by atoms with Crippen LogP contribution in [0.15, 0.2) is 10.9 Å². The van der Waals surface area contributed by atoms with Crippen molar-refractivity contribution in [3.63, 3.8) is 0 Å². The number of carbonyl (C=O) groups excluding carboxylic acids is 1. The smallest absolute Gasteiger partial charge is 0.339 e. The molecule has 0 saturated heterocycles. The van der Waals surface area contributed by atoms with Crippen molar-refractivity contribution in [1.29, 1.82) is 0 Å². The molecule has 0 saturated carbocycles. The molecule has 1 unspecified atom stereocenters. The molecule has 0 bridgehead atoms. The van der Waals surface area contributed by atoms with Gasteiger partial charge in [0, 0.05) is 11.3 Å². The number of pyridine rings is 1. The molecule has 92 valence electrons. The first-order valence-corrected chi connectivity index (χ1v) is 5.66. The molecule has 2 rings (SSSR count). The number of fused-ring (bicyclic) bond motifs is 1. The molecular weight excluding hydrogens is 222 g/mol. The van der Waals surface area contributed by atoms with Crippen molar-refractivity contribution in [3.05, 3.63) is 33.2 Å². The summed E-state index contributed by atoms with van der Waals surface area (Å²) in [7, 11) is 0. The predicted molar refractivity (Wildman–Crippen MR) is 61.0 cm³/mol. The average Bonchev–Trinajstić information content (AvgIpc) is 2.66. The van der Waals surface area contributed by atoms with Gasteiger partial charge in [0.25, 0.3) is 5.56 Å². The zero-order valence-corrected chi connectivity index (χ0v) is 9.90. The summed E-state index contributed by atoms with van der Waals surface area (Å²) < 4.78 is 6.24. The second kappa shape index (κ2) is 4.33. The minimum atomic E-state index is -0.828. The number of hydrogen-bond donors (Lipinski definition) is 1. The van der Waals surface area contributed by atoms with Crippen LogP contribution in [0.3, 0.4) is 0 Å². The molecule has 0 spiro atoms. The third-order valence-corrected chi connectivity index (χ3v) is 2.95. The van der Waals surface area contributed by atoms with Crippen molar-refractivity contribution in [2.75, 3.05) is 6.61 Å². The van der Waals surface area contributed by atoms with Gasteiger partial charge in [0.15, 0.2) is 0 Å². The van der Waals surface area contributed by atoms with Crippen LogP contribution in [-0.2, 0) is 11.2 Å². The molecule has 0 amide bonds. The highest BCUT2D eigenvalue weighted by atomic mass is 16.5. The van der Waals surface area contributed by atoms with E-state index in [0.29, 0.717) is 36.3 Å². The maximum absolute atomic E-state index is 11.9. The molecule has 0 aromatic carbocycles. The zero-order chi connectivity index (χ0) is 12.6. The fourth-order valence-electron chi connectivity index (χ4n) is 2.15. The Morgan fingerprint density at radius 2 is 2.35 bits per heavy atom. The van der Waals surface area contributed by atoms with Crippen LogP contribution in [-0.4, -0.2) is 22.2 Å². The third kappa shape index (κ3) is 1.86. The number of carbonyl (C=O) groups is 1. The van der Waals surface area contributed by atoms with Crippen LogP contribution in [0.2, 0.25) is 0 Å². The summed E-state index contributed by atoms with van der Waals surface area (Å²) in [6.45, 7) is 3.65. The molecule has 2 heterocycles. The number of aromatic nitrogens is 1. The van der Waals surface area contributed by atoms with Crippen LogP contribution in [0.1, 0.15) is 41.2 Å². The Labute approximate surface area is 98.6 Å². The number of aryl methyl sites for hydroxylation is 1. The summed E-state index contributed by atoms with van der Waals surface area (Å²) in [6, 6.07) is 1.55. The van der Waals surface area contributed by atoms with Gasteiger partial charge in [-0.3, -0.25) is 9.36 Å². The predicted octanol–water partition coefficient (Wildman–Crippen LogP) is 0.771. The van der Waals surface area contributed by atoms with Gasteiger partial charge in [0.05, 0.1) is 12.2 Å². The van der Waals surface area contributed by atoms with Crippen LogP contribution in [0.4, 0.5) is 0 Å². The van der Waals surface area contributed by atoms with Crippen molar-refractivity contribution in [3.8, 4) is 0 Å². The number of esters is 1. The second-order valence-electron chi connectivity index (χ2n) is 4.10. The Hall–Kier alpha value is -1.62. The molecule has 1 atom stereocenters. The van der Waals surface area contributed by atoms with E-state index >= 15 is 0 Å². The van der Waals surface area contributed by atoms with Crippen molar-refractivity contribution < 1.29 is 14.6 Å². The molecule has 1 aliphatic heterocycles. The van der Waals surface area contributed by atoms with E-state index in [1.54, 1.807) is 19.9 Å². The topological polar surface area (TPSA) is 68.5 Å². The number of ether oxygens (including phenoxy) is 1. The van der Waals surface area contributed by atoms with E-state index in [1.807, 2.05) is 0 Å². The number of aliphatic hydroxyl groups excluding tert-OH is 1. The molecule has 5 heteroatoms. The fourth-order valence-corrected chi connectivity index (χ4v) is 2.15. The van der Waals surface area contributed by atoms with Crippen LogP contribution >= 0.6 is 0 Å². The summed E-state index contributed by atoms with van der Waals surface area (Å²) in [6.07, 6.45) is 0.154. The standard InChI is InChI=1S/C12H15NO4/c1-3-17-12(16)8-6-7(2)11(15)13-9(8)4-5-10(13)14/h6,10,14H,3-5H2,1-2H3. The first-order valence-electron chi connectivity index (χ1n) is 5.66. The second-order valence-corrected chi connectivity index (χ2v) is 4.10. The normalized spacial score (nSPS) is 17.9. The van der Waals surface area contributed by atoms with Crippen LogP contribution in [0.25, 0.3) is 0 Å². The SMILES string of the molecule is CCOC(=O)c1cc(C)c(=O)n2c1CCC2O. The van der Waals surface area contributed by atoms with E-state index in [2.05, 4.69) is 0 Å². The molecule has 1 N–H and O–H groups in total. The Balaban J connectivity index is 2.60. The fraction of sp³-hybridized carbons (Fsp3) is 0.500. The molecular formula is C12H15NO4. The number of hydrogen-bond acceptors (Lipinski definition) is 4. The van der Waals surface area contributed by atoms with E-state index in [0.717, 1.165) is 0 Å². The molecule has 1 aromatic heterocycles. The highest BCUT2D eigenvalue weighted by Crippen LogP contribution is 2.25. The first kappa shape index (κ1) is 11.9. The van der Waals surface area contributed by atoms with Gasteiger partial charge in [-0.15, -0.1) is 0 Å². The van der Waals surface area contributed by atoms with E-state index in [4.69, 9.17) is 4.74 Å². The number of rotatable bonds is 2. The Kier molecular flexibility index (Phi) is 3.02. The number of nitrogens with zero attached hydrogens (tertiary/aromatic N) is 1. The van der Waals surface area contributed by atoms with Crippen molar-refractivity contribution in [2.45, 2.75) is 32.9 Å². The molecule has 0 radical (unpaired) electrons. The monoisotopic (exact) mass is 237 g/mol. The van der Waals surface area contributed by atoms with Gasteiger partial charge in [0.1, 0.15) is 6.23 Å². The maximum atomic E-state index is 11.9. The lowest BCUT2D eigenvalue weighted by Crippen LogP contribution is -2.27. The van der Waals surface area contributed by atoms with Gasteiger partial charge in [0.2, 0.25) is 0 Å². The molecule has 1 aliphatic rings. The molecule has 17 heavy (non-hydrogen) atoms. The van der Waals surface area contributed by atoms with E-state index in [-0.39, 0.29) is 5.56 Å². The van der Waals surface area contributed by atoms with E-state index in [1.165, 1.54) is 4.57 Å². The van der Waals surface area contributed by atoms with Crippen molar-refractivity contribution in [2.24, 2.45) is 0 Å². The highest BCUT2D eigenvalue weighted by molar-refractivity contribution is 5.91. The maximum Gasteiger partial charge on any atom is 0.339 e. The zero-order valence-electron chi connectivity index (χ0n) is 9.90. The quantitative estimate of drug-likeness (QED) is 0.771. The third-order valence-electron chi connectivity index (χ3n) is 2.95. The van der Waals surface area contributed by atoms with Crippen molar-refractivity contribution in [1.82, 2.24) is 4.57 Å². The van der Waals surface area contributed by atoms with Crippen LogP contribution in [0.5, 0.6) is 0 Å². The summed E-state index contributed by atoms with van der Waals surface area (Å²) in [5.41, 5.74) is 1.17. The lowest BCUT2D eigenvalue weighted by atomic mass is 10.1.